The van der Waals surface area contributed by atoms with E-state index in [-0.39, 0.29) is 17.7 Å². The van der Waals surface area contributed by atoms with Crippen LogP contribution in [-0.4, -0.2) is 24.9 Å². The van der Waals surface area contributed by atoms with E-state index in [2.05, 4.69) is 10.6 Å². The van der Waals surface area contributed by atoms with E-state index in [4.69, 9.17) is 5.73 Å². The molecule has 2 aromatic carbocycles. The van der Waals surface area contributed by atoms with Gasteiger partial charge in [-0.2, -0.15) is 0 Å². The predicted molar refractivity (Wildman–Crippen MR) is 91.3 cm³/mol. The highest BCUT2D eigenvalue weighted by Gasteiger charge is 2.14. The van der Waals surface area contributed by atoms with Gasteiger partial charge in [0.2, 0.25) is 5.91 Å². The molecule has 0 spiro atoms. The molecule has 5 nitrogen and oxygen atoms in total. The molecule has 0 fully saturated rings. The monoisotopic (exact) mass is 311 g/mol. The lowest BCUT2D eigenvalue weighted by Gasteiger charge is -2.13. The Bertz CT molecular complexity index is 654. The average molecular weight is 311 g/mol. The molecular formula is C18H21N3O2. The van der Waals surface area contributed by atoms with Gasteiger partial charge in [-0.3, -0.25) is 9.59 Å². The molecule has 0 aliphatic heterocycles. The van der Waals surface area contributed by atoms with Crippen molar-refractivity contribution >= 4 is 17.5 Å². The third kappa shape index (κ3) is 4.66. The Labute approximate surface area is 135 Å². The predicted octanol–water partition coefficient (Wildman–Crippen LogP) is 2.12. The number of anilines is 1. The summed E-state index contributed by atoms with van der Waals surface area (Å²) < 4.78 is 0. The van der Waals surface area contributed by atoms with Crippen LogP contribution in [0.25, 0.3) is 0 Å². The van der Waals surface area contributed by atoms with E-state index in [9.17, 15) is 9.59 Å². The van der Waals surface area contributed by atoms with Gasteiger partial charge in [-0.05, 0) is 36.8 Å². The van der Waals surface area contributed by atoms with Crippen molar-refractivity contribution in [2.45, 2.75) is 12.8 Å². The summed E-state index contributed by atoms with van der Waals surface area (Å²) >= 11 is 0. The fraction of sp³-hybridized carbons (Fsp3) is 0.222. The Kier molecular flexibility index (Phi) is 5.88. The van der Waals surface area contributed by atoms with Gasteiger partial charge in [-0.1, -0.05) is 30.3 Å². The molecule has 0 saturated carbocycles. The molecule has 1 unspecified atom stereocenters. The molecule has 120 valence electrons. The Morgan fingerprint density at radius 3 is 2.30 bits per heavy atom. The van der Waals surface area contributed by atoms with E-state index in [1.165, 1.54) is 0 Å². The van der Waals surface area contributed by atoms with Crippen LogP contribution >= 0.6 is 0 Å². The van der Waals surface area contributed by atoms with Crippen molar-refractivity contribution in [1.82, 2.24) is 5.32 Å². The molecule has 5 heteroatoms. The highest BCUT2D eigenvalue weighted by atomic mass is 16.2. The summed E-state index contributed by atoms with van der Waals surface area (Å²) in [5.41, 5.74) is 7.56. The van der Waals surface area contributed by atoms with Crippen molar-refractivity contribution in [3.05, 3.63) is 65.7 Å². The molecule has 0 bridgehead atoms. The van der Waals surface area contributed by atoms with E-state index in [0.717, 1.165) is 5.56 Å². The highest BCUT2D eigenvalue weighted by molar-refractivity contribution is 6.04. The van der Waals surface area contributed by atoms with Crippen molar-refractivity contribution in [2.24, 2.45) is 5.73 Å². The van der Waals surface area contributed by atoms with Gasteiger partial charge in [0, 0.05) is 24.3 Å². The van der Waals surface area contributed by atoms with E-state index in [1.54, 1.807) is 24.3 Å². The maximum atomic E-state index is 12.1. The molecule has 1 atom stereocenters. The first-order valence-corrected chi connectivity index (χ1v) is 7.56. The zero-order chi connectivity index (χ0) is 16.7. The van der Waals surface area contributed by atoms with Crippen molar-refractivity contribution < 1.29 is 9.59 Å². The molecule has 0 aromatic heterocycles. The third-order valence-corrected chi connectivity index (χ3v) is 3.54. The number of nitrogens with two attached hydrogens (primary N) is 1. The lowest BCUT2D eigenvalue weighted by Crippen LogP contribution is -2.32. The lowest BCUT2D eigenvalue weighted by atomic mass is 10.00. The summed E-state index contributed by atoms with van der Waals surface area (Å²) in [6.45, 7) is 2.72. The fourth-order valence-electron chi connectivity index (χ4n) is 2.15. The second-order valence-corrected chi connectivity index (χ2v) is 5.24. The van der Waals surface area contributed by atoms with Crippen LogP contribution in [-0.2, 0) is 4.79 Å². The molecule has 23 heavy (non-hydrogen) atoms. The smallest absolute Gasteiger partial charge is 0.255 e. The van der Waals surface area contributed by atoms with Crippen LogP contribution in [0.15, 0.2) is 54.6 Å². The van der Waals surface area contributed by atoms with Gasteiger partial charge in [0.25, 0.3) is 5.91 Å². The molecular weight excluding hydrogens is 290 g/mol. The maximum Gasteiger partial charge on any atom is 0.255 e. The summed E-state index contributed by atoms with van der Waals surface area (Å²) in [4.78, 5) is 24.0. The Hall–Kier alpha value is -2.66. The Morgan fingerprint density at radius 1 is 1.04 bits per heavy atom. The molecule has 4 N–H and O–H groups in total. The van der Waals surface area contributed by atoms with Crippen LogP contribution in [0.3, 0.4) is 0 Å². The second-order valence-electron chi connectivity index (χ2n) is 5.24. The largest absolute Gasteiger partial charge is 0.354 e. The average Bonchev–Trinajstić information content (AvgIpc) is 2.60. The van der Waals surface area contributed by atoms with Gasteiger partial charge in [-0.25, -0.2) is 0 Å². The summed E-state index contributed by atoms with van der Waals surface area (Å²) in [6.07, 6.45) is 0. The van der Waals surface area contributed by atoms with Crippen LogP contribution in [0.1, 0.15) is 28.8 Å². The number of benzene rings is 2. The SMILES string of the molecule is CC(C(=O)NCCN)c1ccc(NC(=O)c2ccccc2)cc1. The van der Waals surface area contributed by atoms with E-state index in [1.807, 2.05) is 37.3 Å². The summed E-state index contributed by atoms with van der Waals surface area (Å²) in [6, 6.07) is 16.3. The van der Waals surface area contributed by atoms with Crippen LogP contribution in [0.2, 0.25) is 0 Å². The second kappa shape index (κ2) is 8.10. The maximum absolute atomic E-state index is 12.1. The van der Waals surface area contributed by atoms with Gasteiger partial charge >= 0.3 is 0 Å². The topological polar surface area (TPSA) is 84.2 Å². The molecule has 0 aliphatic carbocycles. The first kappa shape index (κ1) is 16.7. The van der Waals surface area contributed by atoms with Crippen molar-refractivity contribution in [3.63, 3.8) is 0 Å². The zero-order valence-electron chi connectivity index (χ0n) is 13.1. The number of hydrogen-bond donors (Lipinski definition) is 3. The number of amides is 2. The van der Waals surface area contributed by atoms with Gasteiger partial charge in [0.15, 0.2) is 0 Å². The number of carbonyl (C=O) groups is 2. The lowest BCUT2D eigenvalue weighted by molar-refractivity contribution is -0.122. The van der Waals surface area contributed by atoms with Crippen LogP contribution in [0, 0.1) is 0 Å². The quantitative estimate of drug-likeness (QED) is 0.764. The van der Waals surface area contributed by atoms with E-state index >= 15 is 0 Å². The molecule has 2 amide bonds. The Morgan fingerprint density at radius 2 is 1.70 bits per heavy atom. The summed E-state index contributed by atoms with van der Waals surface area (Å²) in [7, 11) is 0. The van der Waals surface area contributed by atoms with Gasteiger partial charge in [0.05, 0.1) is 5.92 Å². The first-order chi connectivity index (χ1) is 11.1. The minimum absolute atomic E-state index is 0.0588. The molecule has 0 radical (unpaired) electrons. The summed E-state index contributed by atoms with van der Waals surface area (Å²) in [5.74, 6) is -0.482. The van der Waals surface area contributed by atoms with Crippen molar-refractivity contribution in [1.29, 1.82) is 0 Å². The molecule has 2 rings (SSSR count). The molecule has 0 aliphatic rings. The van der Waals surface area contributed by atoms with Gasteiger partial charge in [-0.15, -0.1) is 0 Å². The van der Waals surface area contributed by atoms with Gasteiger partial charge in [0.1, 0.15) is 0 Å². The van der Waals surface area contributed by atoms with E-state index < -0.39 is 0 Å². The number of hydrogen-bond acceptors (Lipinski definition) is 3. The molecule has 0 saturated heterocycles. The first-order valence-electron chi connectivity index (χ1n) is 7.56. The minimum atomic E-state index is -0.263. The minimum Gasteiger partial charge on any atom is -0.354 e. The standard InChI is InChI=1S/C18H21N3O2/c1-13(17(22)20-12-11-19)14-7-9-16(10-8-14)21-18(23)15-5-3-2-4-6-15/h2-10,13H,11-12,19H2,1H3,(H,20,22)(H,21,23). The normalized spacial score (nSPS) is 11.6. The number of carbonyl (C=O) groups excluding carboxylic acids is 2. The van der Waals surface area contributed by atoms with Crippen LogP contribution in [0.5, 0.6) is 0 Å². The molecule has 2 aromatic rings. The summed E-state index contributed by atoms with van der Waals surface area (Å²) in [5, 5.41) is 5.60. The highest BCUT2D eigenvalue weighted by Crippen LogP contribution is 2.18. The van der Waals surface area contributed by atoms with E-state index in [0.29, 0.717) is 24.3 Å². The van der Waals surface area contributed by atoms with Crippen LogP contribution < -0.4 is 16.4 Å². The Balaban J connectivity index is 1.99. The van der Waals surface area contributed by atoms with Crippen molar-refractivity contribution in [3.8, 4) is 0 Å². The fourth-order valence-corrected chi connectivity index (χ4v) is 2.15. The third-order valence-electron chi connectivity index (χ3n) is 3.54. The van der Waals surface area contributed by atoms with Crippen LogP contribution in [0.4, 0.5) is 5.69 Å². The van der Waals surface area contributed by atoms with Crippen molar-refractivity contribution in [2.75, 3.05) is 18.4 Å². The molecule has 0 heterocycles. The zero-order valence-corrected chi connectivity index (χ0v) is 13.1. The van der Waals surface area contributed by atoms with Gasteiger partial charge < -0.3 is 16.4 Å². The number of nitrogens with one attached hydrogen (secondary N) is 2. The number of rotatable bonds is 6.